The second-order valence-electron chi connectivity index (χ2n) is 3.44. The molecule has 0 bridgehead atoms. The van der Waals surface area contributed by atoms with E-state index in [0.29, 0.717) is 10.7 Å². The maximum Gasteiger partial charge on any atom is 0.339 e. The molecule has 0 aliphatic rings. The number of nitrogens with two attached hydrogens (primary N) is 1. The Bertz CT molecular complexity index is 603. The number of nitrogens with one attached hydrogen (secondary N) is 1. The number of hydrogen-bond acceptors (Lipinski definition) is 5. The summed E-state index contributed by atoms with van der Waals surface area (Å²) in [6, 6.07) is 8.13. The van der Waals surface area contributed by atoms with Crippen molar-refractivity contribution in [1.82, 2.24) is 10.2 Å². The quantitative estimate of drug-likeness (QED) is 0.785. The number of nitrogens with zero attached hydrogens (tertiary/aromatic N) is 2. The van der Waals surface area contributed by atoms with Crippen LogP contribution in [0.1, 0.15) is 10.4 Å². The fourth-order valence-corrected chi connectivity index (χ4v) is 1.54. The lowest BCUT2D eigenvalue weighted by molar-refractivity contribution is 0.0697. The van der Waals surface area contributed by atoms with E-state index in [1.54, 1.807) is 24.3 Å². The van der Waals surface area contributed by atoms with E-state index in [0.717, 1.165) is 0 Å². The van der Waals surface area contributed by atoms with Gasteiger partial charge in [-0.3, -0.25) is 0 Å². The number of anilines is 3. The minimum absolute atomic E-state index is 0.0390. The molecule has 0 radical (unpaired) electrons. The highest BCUT2D eigenvalue weighted by molar-refractivity contribution is 6.33. The fourth-order valence-electron chi connectivity index (χ4n) is 1.35. The van der Waals surface area contributed by atoms with Crippen LogP contribution in [0.5, 0.6) is 0 Å². The van der Waals surface area contributed by atoms with E-state index in [4.69, 9.17) is 22.4 Å². The van der Waals surface area contributed by atoms with E-state index in [9.17, 15) is 4.79 Å². The van der Waals surface area contributed by atoms with Gasteiger partial charge in [-0.1, -0.05) is 23.7 Å². The maximum atomic E-state index is 11.1. The summed E-state index contributed by atoms with van der Waals surface area (Å²) in [5.41, 5.74) is 5.87. The first-order chi connectivity index (χ1) is 8.58. The first-order valence-electron chi connectivity index (χ1n) is 4.96. The van der Waals surface area contributed by atoms with Crippen LogP contribution in [0.4, 0.5) is 17.3 Å². The molecule has 4 N–H and O–H groups in total. The van der Waals surface area contributed by atoms with Crippen LogP contribution in [0.2, 0.25) is 5.02 Å². The minimum Gasteiger partial charge on any atom is -0.478 e. The number of carboxylic acids is 1. The van der Waals surface area contributed by atoms with Crippen LogP contribution in [0, 0.1) is 0 Å². The number of benzene rings is 1. The van der Waals surface area contributed by atoms with Crippen LogP contribution in [0.3, 0.4) is 0 Å². The molecule has 0 amide bonds. The normalized spacial score (nSPS) is 10.1. The topological polar surface area (TPSA) is 101 Å². The molecule has 1 aromatic carbocycles. The zero-order valence-corrected chi connectivity index (χ0v) is 9.85. The van der Waals surface area contributed by atoms with E-state index in [1.165, 1.54) is 6.07 Å². The van der Waals surface area contributed by atoms with Gasteiger partial charge in [0.05, 0.1) is 10.7 Å². The number of aromatic nitrogens is 2. The molecular formula is C11H9ClN4O2. The summed E-state index contributed by atoms with van der Waals surface area (Å²) in [5.74, 6) is -1.02. The molecule has 0 aliphatic carbocycles. The first-order valence-corrected chi connectivity index (χ1v) is 5.34. The molecular weight excluding hydrogens is 256 g/mol. The van der Waals surface area contributed by atoms with Gasteiger partial charge >= 0.3 is 5.97 Å². The Kier molecular flexibility index (Phi) is 3.29. The highest BCUT2D eigenvalue weighted by Crippen LogP contribution is 2.25. The van der Waals surface area contributed by atoms with Gasteiger partial charge < -0.3 is 16.2 Å². The third-order valence-electron chi connectivity index (χ3n) is 2.17. The van der Waals surface area contributed by atoms with Crippen LogP contribution in [0.15, 0.2) is 30.3 Å². The molecule has 0 atom stereocenters. The highest BCUT2D eigenvalue weighted by atomic mass is 35.5. The van der Waals surface area contributed by atoms with Crippen molar-refractivity contribution in [2.75, 3.05) is 11.1 Å². The van der Waals surface area contributed by atoms with Gasteiger partial charge in [0.2, 0.25) is 0 Å². The second-order valence-corrected chi connectivity index (χ2v) is 3.85. The lowest BCUT2D eigenvalue weighted by Gasteiger charge is -2.09. The van der Waals surface area contributed by atoms with E-state index in [-0.39, 0.29) is 17.2 Å². The summed E-state index contributed by atoms with van der Waals surface area (Å²) in [6.07, 6.45) is 0. The van der Waals surface area contributed by atoms with Gasteiger partial charge in [-0.05, 0) is 12.1 Å². The smallest absolute Gasteiger partial charge is 0.339 e. The molecule has 2 rings (SSSR count). The largest absolute Gasteiger partial charge is 0.478 e. The molecule has 0 saturated carbocycles. The van der Waals surface area contributed by atoms with Gasteiger partial charge in [0.25, 0.3) is 0 Å². The zero-order chi connectivity index (χ0) is 13.1. The predicted molar refractivity (Wildman–Crippen MR) is 68.1 cm³/mol. The van der Waals surface area contributed by atoms with Crippen LogP contribution in [-0.2, 0) is 0 Å². The Hall–Kier alpha value is -2.34. The van der Waals surface area contributed by atoms with Crippen LogP contribution in [0.25, 0.3) is 0 Å². The minimum atomic E-state index is -1.15. The Morgan fingerprint density at radius 3 is 2.72 bits per heavy atom. The Morgan fingerprint density at radius 1 is 1.33 bits per heavy atom. The lowest BCUT2D eigenvalue weighted by atomic mass is 10.2. The molecule has 0 aliphatic heterocycles. The number of nitrogen functional groups attached to an aromatic ring is 1. The van der Waals surface area contributed by atoms with Crippen LogP contribution >= 0.6 is 11.6 Å². The van der Waals surface area contributed by atoms with E-state index >= 15 is 0 Å². The van der Waals surface area contributed by atoms with Gasteiger partial charge in [-0.15, -0.1) is 10.2 Å². The third kappa shape index (κ3) is 2.49. The van der Waals surface area contributed by atoms with Gasteiger partial charge in [0, 0.05) is 6.07 Å². The van der Waals surface area contributed by atoms with Gasteiger partial charge in [-0.25, -0.2) is 4.79 Å². The summed E-state index contributed by atoms with van der Waals surface area (Å²) >= 11 is 5.95. The standard InChI is InChI=1S/C11H9ClN4O2/c12-7-3-1-2-4-8(7)14-10-6(11(17)18)5-9(13)15-16-10/h1-5H,(H2,13,15)(H,14,16)(H,17,18). The molecule has 6 nitrogen and oxygen atoms in total. The summed E-state index contributed by atoms with van der Waals surface area (Å²) in [4.78, 5) is 11.1. The first kappa shape index (κ1) is 12.1. The van der Waals surface area contributed by atoms with Gasteiger partial charge in [-0.2, -0.15) is 0 Å². The van der Waals surface area contributed by atoms with Gasteiger partial charge in [0.15, 0.2) is 5.82 Å². The van der Waals surface area contributed by atoms with E-state index < -0.39 is 5.97 Å². The Balaban J connectivity index is 2.41. The maximum absolute atomic E-state index is 11.1. The van der Waals surface area contributed by atoms with Crippen molar-refractivity contribution in [3.63, 3.8) is 0 Å². The molecule has 2 aromatic rings. The molecule has 7 heteroatoms. The third-order valence-corrected chi connectivity index (χ3v) is 2.50. The summed E-state index contributed by atoms with van der Waals surface area (Å²) in [5, 5.41) is 19.6. The fraction of sp³-hybridized carbons (Fsp3) is 0. The number of hydrogen-bond donors (Lipinski definition) is 3. The number of carboxylic acid groups (broad SMARTS) is 1. The van der Waals surface area contributed by atoms with Crippen LogP contribution in [-0.4, -0.2) is 21.3 Å². The zero-order valence-electron chi connectivity index (χ0n) is 9.09. The van der Waals surface area contributed by atoms with E-state index in [2.05, 4.69) is 15.5 Å². The highest BCUT2D eigenvalue weighted by Gasteiger charge is 2.14. The molecule has 0 spiro atoms. The molecule has 0 fully saturated rings. The summed E-state index contributed by atoms with van der Waals surface area (Å²) < 4.78 is 0. The van der Waals surface area contributed by atoms with Crippen molar-refractivity contribution in [2.45, 2.75) is 0 Å². The lowest BCUT2D eigenvalue weighted by Crippen LogP contribution is -2.08. The number of aromatic carboxylic acids is 1. The Labute approximate surface area is 107 Å². The van der Waals surface area contributed by atoms with Crippen LogP contribution < -0.4 is 11.1 Å². The average molecular weight is 265 g/mol. The van der Waals surface area contributed by atoms with Crippen molar-refractivity contribution in [3.8, 4) is 0 Å². The number of carbonyl (C=O) groups is 1. The molecule has 18 heavy (non-hydrogen) atoms. The SMILES string of the molecule is Nc1cc(C(=O)O)c(Nc2ccccc2Cl)nn1. The monoisotopic (exact) mass is 264 g/mol. The molecule has 1 heterocycles. The van der Waals surface area contributed by atoms with Gasteiger partial charge in [0.1, 0.15) is 11.4 Å². The molecule has 1 aromatic heterocycles. The molecule has 0 unspecified atom stereocenters. The Morgan fingerprint density at radius 2 is 2.06 bits per heavy atom. The summed E-state index contributed by atoms with van der Waals surface area (Å²) in [6.45, 7) is 0. The molecule has 0 saturated heterocycles. The predicted octanol–water partition coefficient (Wildman–Crippen LogP) is 2.15. The van der Waals surface area contributed by atoms with Crippen molar-refractivity contribution in [3.05, 3.63) is 40.9 Å². The number of para-hydroxylation sites is 1. The summed E-state index contributed by atoms with van der Waals surface area (Å²) in [7, 11) is 0. The second kappa shape index (κ2) is 4.89. The van der Waals surface area contributed by atoms with Crippen molar-refractivity contribution >= 4 is 34.9 Å². The molecule has 92 valence electrons. The van der Waals surface area contributed by atoms with Crippen molar-refractivity contribution in [2.24, 2.45) is 0 Å². The number of rotatable bonds is 3. The van der Waals surface area contributed by atoms with Crippen molar-refractivity contribution < 1.29 is 9.90 Å². The number of halogens is 1. The average Bonchev–Trinajstić information content (AvgIpc) is 2.34. The van der Waals surface area contributed by atoms with E-state index in [1.807, 2.05) is 0 Å². The van der Waals surface area contributed by atoms with Crippen molar-refractivity contribution in [1.29, 1.82) is 0 Å².